The average Bonchev–Trinajstić information content (AvgIpc) is 3.56. The smallest absolute Gasteiger partial charge is 0.257 e. The lowest BCUT2D eigenvalue weighted by Gasteiger charge is -2.35. The van der Waals surface area contributed by atoms with Crippen LogP contribution in [0.5, 0.6) is 0 Å². The average molecular weight is 425 g/mol. The van der Waals surface area contributed by atoms with Gasteiger partial charge in [0, 0.05) is 56.7 Å². The molecule has 1 saturated heterocycles. The van der Waals surface area contributed by atoms with E-state index >= 15 is 0 Å². The summed E-state index contributed by atoms with van der Waals surface area (Å²) in [6.07, 6.45) is 4.57. The number of amides is 2. The lowest BCUT2D eigenvalue weighted by atomic mass is 10.0. The molecular weight excluding hydrogens is 395 g/mol. The van der Waals surface area contributed by atoms with E-state index in [4.69, 9.17) is 0 Å². The molecule has 7 heteroatoms. The number of carbonyl (C=O) groups excluding carboxylic acids is 2. The first-order chi connectivity index (χ1) is 14.9. The summed E-state index contributed by atoms with van der Waals surface area (Å²) in [6, 6.07) is 6.36. The summed E-state index contributed by atoms with van der Waals surface area (Å²) in [5.74, 6) is 0.176. The van der Waals surface area contributed by atoms with E-state index in [-0.39, 0.29) is 17.6 Å². The predicted octanol–water partition coefficient (Wildman–Crippen LogP) is 3.53. The number of benzene rings is 1. The molecule has 2 amide bonds. The highest BCUT2D eigenvalue weighted by Gasteiger charge is 2.28. The van der Waals surface area contributed by atoms with Gasteiger partial charge in [-0.25, -0.2) is 4.39 Å². The Morgan fingerprint density at radius 1 is 1.13 bits per heavy atom. The minimum absolute atomic E-state index is 0.264. The zero-order valence-electron chi connectivity index (χ0n) is 18.2. The van der Waals surface area contributed by atoms with Gasteiger partial charge in [-0.3, -0.25) is 19.5 Å². The molecule has 1 saturated carbocycles. The third-order valence-electron chi connectivity index (χ3n) is 6.18. The summed E-state index contributed by atoms with van der Waals surface area (Å²) in [7, 11) is 0. The second-order valence-corrected chi connectivity index (χ2v) is 8.68. The summed E-state index contributed by atoms with van der Waals surface area (Å²) >= 11 is 0. The summed E-state index contributed by atoms with van der Waals surface area (Å²) in [4.78, 5) is 33.2. The van der Waals surface area contributed by atoms with E-state index < -0.39 is 0 Å². The van der Waals surface area contributed by atoms with Gasteiger partial charge in [0.1, 0.15) is 5.82 Å². The van der Waals surface area contributed by atoms with Gasteiger partial charge in [0.05, 0.1) is 5.56 Å². The Morgan fingerprint density at radius 2 is 1.87 bits per heavy atom. The van der Waals surface area contributed by atoms with Crippen molar-refractivity contribution in [2.24, 2.45) is 5.92 Å². The number of hydrogen-bond acceptors (Lipinski definition) is 4. The minimum Gasteiger partial charge on any atom is -0.340 e. The summed E-state index contributed by atoms with van der Waals surface area (Å²) in [5.41, 5.74) is 3.42. The van der Waals surface area contributed by atoms with Crippen molar-refractivity contribution in [1.82, 2.24) is 14.8 Å². The molecule has 2 fully saturated rings. The fraction of sp³-hybridized carbons (Fsp3) is 0.458. The van der Waals surface area contributed by atoms with Crippen molar-refractivity contribution in [2.75, 3.05) is 31.5 Å². The van der Waals surface area contributed by atoms with E-state index in [1.54, 1.807) is 12.1 Å². The van der Waals surface area contributed by atoms with Crippen LogP contribution >= 0.6 is 0 Å². The normalized spacial score (nSPS) is 16.9. The molecule has 1 aliphatic heterocycles. The Morgan fingerprint density at radius 3 is 2.52 bits per heavy atom. The molecule has 4 rings (SSSR count). The van der Waals surface area contributed by atoms with Crippen molar-refractivity contribution < 1.29 is 14.0 Å². The Hall–Kier alpha value is -2.80. The standard InChI is InChI=1S/C24H29FN4O2/c1-16-3-6-19(14-26-16)24(31)27-22-13-21(25)12-20(17(22)2)15-28-7-9-29(10-8-28)23(30)11-18-4-5-18/h3,6,12-14,18H,4-5,7-11,15H2,1-2H3,(H,27,31). The van der Waals surface area contributed by atoms with Crippen molar-refractivity contribution in [3.63, 3.8) is 0 Å². The number of carbonyl (C=O) groups is 2. The molecule has 1 aromatic carbocycles. The highest BCUT2D eigenvalue weighted by atomic mass is 19.1. The predicted molar refractivity (Wildman–Crippen MR) is 117 cm³/mol. The van der Waals surface area contributed by atoms with Crippen molar-refractivity contribution in [3.8, 4) is 0 Å². The number of pyridine rings is 1. The monoisotopic (exact) mass is 424 g/mol. The molecule has 6 nitrogen and oxygen atoms in total. The second kappa shape index (κ2) is 9.14. The van der Waals surface area contributed by atoms with E-state index in [1.807, 2.05) is 18.7 Å². The van der Waals surface area contributed by atoms with Crippen LogP contribution in [-0.4, -0.2) is 52.8 Å². The number of nitrogens with one attached hydrogen (secondary N) is 1. The van der Waals surface area contributed by atoms with E-state index in [0.29, 0.717) is 43.2 Å². The summed E-state index contributed by atoms with van der Waals surface area (Å²) < 4.78 is 14.3. The van der Waals surface area contributed by atoms with Crippen LogP contribution in [0.15, 0.2) is 30.5 Å². The van der Waals surface area contributed by atoms with Crippen molar-refractivity contribution in [1.29, 1.82) is 0 Å². The van der Waals surface area contributed by atoms with Crippen LogP contribution in [0.25, 0.3) is 0 Å². The first-order valence-electron chi connectivity index (χ1n) is 10.9. The fourth-order valence-corrected chi connectivity index (χ4v) is 3.92. The second-order valence-electron chi connectivity index (χ2n) is 8.68. The molecular formula is C24H29FN4O2. The highest BCUT2D eigenvalue weighted by molar-refractivity contribution is 6.04. The maximum absolute atomic E-state index is 14.3. The van der Waals surface area contributed by atoms with Crippen molar-refractivity contribution >= 4 is 17.5 Å². The number of nitrogens with zero attached hydrogens (tertiary/aromatic N) is 3. The zero-order valence-corrected chi connectivity index (χ0v) is 18.2. The number of rotatable bonds is 6. The van der Waals surface area contributed by atoms with Gasteiger partial charge in [0.15, 0.2) is 0 Å². The van der Waals surface area contributed by atoms with Gasteiger partial charge in [0.25, 0.3) is 5.91 Å². The number of aromatic nitrogens is 1. The van der Waals surface area contributed by atoms with Crippen LogP contribution in [0.4, 0.5) is 10.1 Å². The largest absolute Gasteiger partial charge is 0.340 e. The summed E-state index contributed by atoms with van der Waals surface area (Å²) in [5, 5.41) is 2.82. The van der Waals surface area contributed by atoms with Gasteiger partial charge in [-0.1, -0.05) is 0 Å². The van der Waals surface area contributed by atoms with Crippen LogP contribution in [0.3, 0.4) is 0 Å². The maximum atomic E-state index is 14.3. The molecule has 31 heavy (non-hydrogen) atoms. The van der Waals surface area contributed by atoms with E-state index in [0.717, 1.165) is 29.9 Å². The SMILES string of the molecule is Cc1ccc(C(=O)Nc2cc(F)cc(CN3CCN(C(=O)CC4CC4)CC3)c2C)cn1. The number of piperazine rings is 1. The molecule has 2 heterocycles. The molecule has 0 radical (unpaired) electrons. The van der Waals surface area contributed by atoms with Gasteiger partial charge >= 0.3 is 0 Å². The summed E-state index contributed by atoms with van der Waals surface area (Å²) in [6.45, 7) is 7.30. The van der Waals surface area contributed by atoms with Gasteiger partial charge in [-0.2, -0.15) is 0 Å². The van der Waals surface area contributed by atoms with Crippen LogP contribution in [-0.2, 0) is 11.3 Å². The third kappa shape index (κ3) is 5.47. The van der Waals surface area contributed by atoms with Crippen LogP contribution in [0.1, 0.15) is 46.4 Å². The van der Waals surface area contributed by atoms with Gasteiger partial charge < -0.3 is 10.2 Å². The number of halogens is 1. The van der Waals surface area contributed by atoms with E-state index in [1.165, 1.54) is 31.2 Å². The van der Waals surface area contributed by atoms with Crippen molar-refractivity contribution in [2.45, 2.75) is 39.7 Å². The van der Waals surface area contributed by atoms with Crippen molar-refractivity contribution in [3.05, 3.63) is 58.7 Å². The number of hydrogen-bond donors (Lipinski definition) is 1. The number of aryl methyl sites for hydroxylation is 1. The van der Waals surface area contributed by atoms with Crippen LogP contribution in [0, 0.1) is 25.6 Å². The third-order valence-corrected chi connectivity index (χ3v) is 6.18. The Kier molecular flexibility index (Phi) is 6.32. The first-order valence-corrected chi connectivity index (χ1v) is 10.9. The van der Waals surface area contributed by atoms with Gasteiger partial charge in [-0.05, 0) is 68.0 Å². The zero-order chi connectivity index (χ0) is 22.0. The molecule has 0 unspecified atom stereocenters. The van der Waals surface area contributed by atoms with Gasteiger partial charge in [0.2, 0.25) is 5.91 Å². The Bertz CT molecular complexity index is 964. The number of anilines is 1. The molecule has 1 aliphatic carbocycles. The lowest BCUT2D eigenvalue weighted by Crippen LogP contribution is -2.48. The molecule has 1 N–H and O–H groups in total. The molecule has 2 aliphatic rings. The van der Waals surface area contributed by atoms with E-state index in [9.17, 15) is 14.0 Å². The molecule has 2 aromatic rings. The molecule has 0 atom stereocenters. The Labute approximate surface area is 182 Å². The minimum atomic E-state index is -0.379. The molecule has 164 valence electrons. The molecule has 0 bridgehead atoms. The van der Waals surface area contributed by atoms with Gasteiger partial charge in [-0.15, -0.1) is 0 Å². The topological polar surface area (TPSA) is 65.5 Å². The van der Waals surface area contributed by atoms with Crippen LogP contribution in [0.2, 0.25) is 0 Å². The lowest BCUT2D eigenvalue weighted by molar-refractivity contribution is -0.133. The maximum Gasteiger partial charge on any atom is 0.257 e. The van der Waals surface area contributed by atoms with E-state index in [2.05, 4.69) is 15.2 Å². The molecule has 0 spiro atoms. The van der Waals surface area contributed by atoms with Crippen LogP contribution < -0.4 is 5.32 Å². The quantitative estimate of drug-likeness (QED) is 0.771. The Balaban J connectivity index is 1.39. The fourth-order valence-electron chi connectivity index (χ4n) is 3.92. The first kappa shape index (κ1) is 21.4. The highest BCUT2D eigenvalue weighted by Crippen LogP contribution is 2.33. The molecule has 1 aromatic heterocycles.